The van der Waals surface area contributed by atoms with Crippen molar-refractivity contribution >= 4 is 23.1 Å². The Balaban J connectivity index is 1.89. The number of benzene rings is 2. The van der Waals surface area contributed by atoms with Crippen LogP contribution in [0, 0.1) is 17.0 Å². The highest BCUT2D eigenvalue weighted by atomic mass is 16.6. The van der Waals surface area contributed by atoms with Crippen LogP contribution in [0.5, 0.6) is 0 Å². The van der Waals surface area contributed by atoms with Gasteiger partial charge in [-0.2, -0.15) is 0 Å². The van der Waals surface area contributed by atoms with Crippen LogP contribution < -0.4 is 0 Å². The first kappa shape index (κ1) is 20.1. The van der Waals surface area contributed by atoms with Crippen molar-refractivity contribution in [1.29, 1.82) is 0 Å². The first-order valence-electron chi connectivity index (χ1n) is 9.49. The summed E-state index contributed by atoms with van der Waals surface area (Å²) in [5, 5.41) is 22.3. The molecule has 0 aliphatic carbocycles. The van der Waals surface area contributed by atoms with Gasteiger partial charge in [-0.15, -0.1) is 0 Å². The molecule has 1 saturated heterocycles. The summed E-state index contributed by atoms with van der Waals surface area (Å²) in [6, 6.07) is 14.8. The van der Waals surface area contributed by atoms with E-state index in [1.807, 2.05) is 6.92 Å². The van der Waals surface area contributed by atoms with Crippen molar-refractivity contribution in [2.24, 2.45) is 0 Å². The number of carbonyl (C=O) groups is 2. The minimum atomic E-state index is -1.01. The van der Waals surface area contributed by atoms with Gasteiger partial charge in [0.2, 0.25) is 0 Å². The van der Waals surface area contributed by atoms with E-state index in [2.05, 4.69) is 0 Å². The van der Waals surface area contributed by atoms with Crippen molar-refractivity contribution in [3.63, 3.8) is 0 Å². The molecular weight excluding hydrogens is 400 g/mol. The number of hydrogen-bond donors (Lipinski definition) is 1. The smallest absolute Gasteiger partial charge is 0.296 e. The first-order valence-corrected chi connectivity index (χ1v) is 9.49. The fourth-order valence-corrected chi connectivity index (χ4v) is 3.64. The molecule has 8 nitrogen and oxygen atoms in total. The molecule has 0 spiro atoms. The second-order valence-corrected chi connectivity index (χ2v) is 7.22. The van der Waals surface area contributed by atoms with E-state index in [4.69, 9.17) is 4.42 Å². The van der Waals surface area contributed by atoms with Gasteiger partial charge >= 0.3 is 0 Å². The van der Waals surface area contributed by atoms with Crippen LogP contribution in [0.15, 0.2) is 76.9 Å². The van der Waals surface area contributed by atoms with Crippen LogP contribution in [0.4, 0.5) is 5.69 Å². The molecule has 1 fully saturated rings. The number of amides is 1. The SMILES string of the molecule is Cc1ccc(/C(O)=C2\C(=O)C(=O)N(Cc3ccco3)C2c2cccc([N+](=O)[O-])c2)cc1. The Hall–Kier alpha value is -4.20. The zero-order valence-corrected chi connectivity index (χ0v) is 16.5. The van der Waals surface area contributed by atoms with E-state index in [1.54, 1.807) is 42.5 Å². The zero-order chi connectivity index (χ0) is 22.1. The summed E-state index contributed by atoms with van der Waals surface area (Å²) in [7, 11) is 0. The predicted octanol–water partition coefficient (Wildman–Crippen LogP) is 4.12. The maximum Gasteiger partial charge on any atom is 0.296 e. The van der Waals surface area contributed by atoms with E-state index in [-0.39, 0.29) is 23.6 Å². The second kappa shape index (κ2) is 7.91. The molecule has 1 amide bonds. The molecule has 31 heavy (non-hydrogen) atoms. The van der Waals surface area contributed by atoms with Crippen molar-refractivity contribution in [3.8, 4) is 0 Å². The number of hydrogen-bond acceptors (Lipinski definition) is 6. The quantitative estimate of drug-likeness (QED) is 0.219. The molecule has 1 N–H and O–H groups in total. The van der Waals surface area contributed by atoms with Crippen molar-refractivity contribution in [2.75, 3.05) is 0 Å². The molecule has 1 atom stereocenters. The molecular formula is C23H18N2O6. The van der Waals surface area contributed by atoms with Crippen molar-refractivity contribution in [3.05, 3.63) is 105 Å². The third kappa shape index (κ3) is 3.71. The monoisotopic (exact) mass is 418 g/mol. The van der Waals surface area contributed by atoms with Gasteiger partial charge in [-0.05, 0) is 24.6 Å². The van der Waals surface area contributed by atoms with Crippen LogP contribution in [-0.2, 0) is 16.1 Å². The molecule has 0 radical (unpaired) electrons. The number of furan rings is 1. The highest BCUT2D eigenvalue weighted by Crippen LogP contribution is 2.41. The molecule has 156 valence electrons. The highest BCUT2D eigenvalue weighted by molar-refractivity contribution is 6.46. The van der Waals surface area contributed by atoms with Gasteiger partial charge in [-0.25, -0.2) is 0 Å². The lowest BCUT2D eigenvalue weighted by Crippen LogP contribution is -2.29. The Kier molecular flexibility index (Phi) is 5.12. The van der Waals surface area contributed by atoms with E-state index in [1.165, 1.54) is 29.4 Å². The van der Waals surface area contributed by atoms with Crippen LogP contribution in [-0.4, -0.2) is 26.6 Å². The summed E-state index contributed by atoms with van der Waals surface area (Å²) in [4.78, 5) is 37.8. The number of rotatable bonds is 5. The Morgan fingerprint density at radius 2 is 1.87 bits per heavy atom. The third-order valence-electron chi connectivity index (χ3n) is 5.17. The predicted molar refractivity (Wildman–Crippen MR) is 111 cm³/mol. The van der Waals surface area contributed by atoms with Gasteiger partial charge < -0.3 is 14.4 Å². The minimum Gasteiger partial charge on any atom is -0.507 e. The zero-order valence-electron chi connectivity index (χ0n) is 16.5. The average Bonchev–Trinajstić information content (AvgIpc) is 3.36. The normalized spacial score (nSPS) is 17.8. The van der Waals surface area contributed by atoms with Gasteiger partial charge in [-0.3, -0.25) is 19.7 Å². The van der Waals surface area contributed by atoms with E-state index >= 15 is 0 Å². The number of nitro groups is 1. The van der Waals surface area contributed by atoms with E-state index in [9.17, 15) is 24.8 Å². The molecule has 0 bridgehead atoms. The largest absolute Gasteiger partial charge is 0.507 e. The van der Waals surface area contributed by atoms with E-state index < -0.39 is 22.7 Å². The number of carbonyl (C=O) groups excluding carboxylic acids is 2. The molecule has 2 aromatic carbocycles. The Bertz CT molecular complexity index is 1200. The Labute approximate surface area is 177 Å². The summed E-state index contributed by atoms with van der Waals surface area (Å²) in [5.41, 5.74) is 1.37. The van der Waals surface area contributed by atoms with Crippen molar-refractivity contribution in [1.82, 2.24) is 4.90 Å². The average molecular weight is 418 g/mol. The highest BCUT2D eigenvalue weighted by Gasteiger charge is 2.46. The van der Waals surface area contributed by atoms with E-state index in [0.29, 0.717) is 16.9 Å². The number of likely N-dealkylation sites (tertiary alicyclic amines) is 1. The standard InChI is InChI=1S/C23H18N2O6/c1-14-7-9-15(10-8-14)21(26)19-20(16-4-2-5-17(12-16)25(29)30)24(23(28)22(19)27)13-18-6-3-11-31-18/h2-12,20,26H,13H2,1H3/b21-19+. The molecule has 3 aromatic rings. The Morgan fingerprint density at radius 1 is 1.13 bits per heavy atom. The number of non-ortho nitro benzene ring substituents is 1. The molecule has 4 rings (SSSR count). The first-order chi connectivity index (χ1) is 14.9. The van der Waals surface area contributed by atoms with Crippen LogP contribution >= 0.6 is 0 Å². The number of nitrogens with zero attached hydrogens (tertiary/aromatic N) is 2. The Morgan fingerprint density at radius 3 is 2.52 bits per heavy atom. The van der Waals surface area contributed by atoms with Gasteiger partial charge in [0, 0.05) is 17.7 Å². The van der Waals surface area contributed by atoms with E-state index in [0.717, 1.165) is 5.56 Å². The summed E-state index contributed by atoms with van der Waals surface area (Å²) >= 11 is 0. The lowest BCUT2D eigenvalue weighted by Gasteiger charge is -2.24. The maximum atomic E-state index is 13.0. The van der Waals surface area contributed by atoms with Crippen molar-refractivity contribution in [2.45, 2.75) is 19.5 Å². The fraction of sp³-hybridized carbons (Fsp3) is 0.130. The summed E-state index contributed by atoms with van der Waals surface area (Å²) in [6.07, 6.45) is 1.45. The fourth-order valence-electron chi connectivity index (χ4n) is 3.64. The molecule has 1 aliphatic heterocycles. The second-order valence-electron chi connectivity index (χ2n) is 7.22. The van der Waals surface area contributed by atoms with Crippen LogP contribution in [0.25, 0.3) is 5.76 Å². The maximum absolute atomic E-state index is 13.0. The minimum absolute atomic E-state index is 0.0321. The summed E-state index contributed by atoms with van der Waals surface area (Å²) in [5.74, 6) is -1.58. The lowest BCUT2D eigenvalue weighted by atomic mass is 9.94. The molecule has 1 aromatic heterocycles. The van der Waals surface area contributed by atoms with Gasteiger partial charge in [0.05, 0.1) is 29.3 Å². The molecule has 1 unspecified atom stereocenters. The number of nitro benzene ring substituents is 1. The van der Waals surface area contributed by atoms with Gasteiger partial charge in [-0.1, -0.05) is 42.0 Å². The van der Waals surface area contributed by atoms with Gasteiger partial charge in [0.15, 0.2) is 0 Å². The molecule has 0 saturated carbocycles. The molecule has 1 aliphatic rings. The summed E-state index contributed by atoms with van der Waals surface area (Å²) in [6.45, 7) is 1.85. The van der Waals surface area contributed by atoms with Gasteiger partial charge in [0.25, 0.3) is 17.4 Å². The van der Waals surface area contributed by atoms with Crippen LogP contribution in [0.3, 0.4) is 0 Å². The van der Waals surface area contributed by atoms with Gasteiger partial charge in [0.1, 0.15) is 11.5 Å². The number of aliphatic hydroxyl groups is 1. The number of aliphatic hydroxyl groups excluding tert-OH is 1. The number of Topliss-reactive ketones (excluding diaryl/α,β-unsaturated/α-hetero) is 1. The van der Waals surface area contributed by atoms with Crippen molar-refractivity contribution < 1.29 is 24.0 Å². The molecule has 8 heteroatoms. The topological polar surface area (TPSA) is 114 Å². The lowest BCUT2D eigenvalue weighted by molar-refractivity contribution is -0.384. The van der Waals surface area contributed by atoms with Crippen LogP contribution in [0.1, 0.15) is 28.5 Å². The molecule has 2 heterocycles. The third-order valence-corrected chi connectivity index (χ3v) is 5.17. The summed E-state index contributed by atoms with van der Waals surface area (Å²) < 4.78 is 5.33. The number of ketones is 1. The number of aryl methyl sites for hydroxylation is 1. The van der Waals surface area contributed by atoms with Crippen LogP contribution in [0.2, 0.25) is 0 Å².